The maximum absolute atomic E-state index is 3.58. The van der Waals surface area contributed by atoms with Crippen molar-refractivity contribution in [1.29, 1.82) is 0 Å². The van der Waals surface area contributed by atoms with E-state index in [1.165, 1.54) is 24.0 Å². The molecule has 15 heavy (non-hydrogen) atoms. The van der Waals surface area contributed by atoms with Crippen LogP contribution in [-0.2, 0) is 6.54 Å². The van der Waals surface area contributed by atoms with E-state index < -0.39 is 0 Å². The first-order chi connectivity index (χ1) is 7.26. The van der Waals surface area contributed by atoms with Crippen molar-refractivity contribution in [3.05, 3.63) is 35.4 Å². The fourth-order valence-electron chi connectivity index (χ4n) is 1.83. The zero-order valence-electron chi connectivity index (χ0n) is 9.55. The molecule has 0 atom stereocenters. The van der Waals surface area contributed by atoms with Crippen LogP contribution in [0.1, 0.15) is 24.0 Å². The molecule has 0 bridgehead atoms. The summed E-state index contributed by atoms with van der Waals surface area (Å²) in [5.41, 5.74) is 2.81. The predicted molar refractivity (Wildman–Crippen MR) is 68.4 cm³/mol. The molecule has 1 N–H and O–H groups in total. The normalized spacial score (nSPS) is 17.7. The summed E-state index contributed by atoms with van der Waals surface area (Å²) < 4.78 is 0.572. The van der Waals surface area contributed by atoms with Crippen molar-refractivity contribution in [3.63, 3.8) is 0 Å². The number of hydrogen-bond acceptors (Lipinski definition) is 2. The Morgan fingerprint density at radius 1 is 1.33 bits per heavy atom. The van der Waals surface area contributed by atoms with Crippen LogP contribution in [0, 0.1) is 6.92 Å². The van der Waals surface area contributed by atoms with Gasteiger partial charge in [0.2, 0.25) is 0 Å². The third-order valence-electron chi connectivity index (χ3n) is 3.26. The molecule has 0 aromatic heterocycles. The van der Waals surface area contributed by atoms with Gasteiger partial charge in [0.05, 0.1) is 0 Å². The van der Waals surface area contributed by atoms with Crippen molar-refractivity contribution < 1.29 is 0 Å². The average Bonchev–Trinajstić information content (AvgIpc) is 3.02. The number of aryl methyl sites for hydroxylation is 1. The summed E-state index contributed by atoms with van der Waals surface area (Å²) in [6.45, 7) is 4.34. The van der Waals surface area contributed by atoms with Gasteiger partial charge in [-0.1, -0.05) is 24.3 Å². The number of hydrogen-bond donors (Lipinski definition) is 1. The van der Waals surface area contributed by atoms with Crippen LogP contribution < -0.4 is 5.32 Å². The highest BCUT2D eigenvalue weighted by atomic mass is 32.2. The molecule has 0 saturated heterocycles. The van der Waals surface area contributed by atoms with Gasteiger partial charge >= 0.3 is 0 Å². The molecular weight excluding hydrogens is 202 g/mol. The van der Waals surface area contributed by atoms with Gasteiger partial charge in [-0.05, 0) is 37.1 Å². The first kappa shape index (κ1) is 11.0. The third kappa shape index (κ3) is 2.76. The molecule has 2 heteroatoms. The average molecular weight is 221 g/mol. The van der Waals surface area contributed by atoms with Gasteiger partial charge < -0.3 is 5.32 Å². The minimum absolute atomic E-state index is 0.572. The number of rotatable bonds is 5. The van der Waals surface area contributed by atoms with Gasteiger partial charge in [-0.25, -0.2) is 0 Å². The monoisotopic (exact) mass is 221 g/mol. The molecule has 0 spiro atoms. The van der Waals surface area contributed by atoms with Crippen molar-refractivity contribution >= 4 is 11.8 Å². The maximum atomic E-state index is 3.58. The molecule has 0 amide bonds. The molecule has 1 aromatic carbocycles. The summed E-state index contributed by atoms with van der Waals surface area (Å²) in [4.78, 5) is 0. The van der Waals surface area contributed by atoms with E-state index in [2.05, 4.69) is 42.8 Å². The quantitative estimate of drug-likeness (QED) is 0.820. The molecule has 0 radical (unpaired) electrons. The van der Waals surface area contributed by atoms with Crippen molar-refractivity contribution in [2.24, 2.45) is 0 Å². The van der Waals surface area contributed by atoms with Crippen LogP contribution in [-0.4, -0.2) is 17.5 Å². The second-order valence-electron chi connectivity index (χ2n) is 4.42. The van der Waals surface area contributed by atoms with Crippen LogP contribution in [0.3, 0.4) is 0 Å². The highest BCUT2D eigenvalue weighted by Crippen LogP contribution is 2.46. The summed E-state index contributed by atoms with van der Waals surface area (Å²) in [5, 5.41) is 3.58. The Hall–Kier alpha value is -0.470. The van der Waals surface area contributed by atoms with E-state index in [9.17, 15) is 0 Å². The van der Waals surface area contributed by atoms with Crippen molar-refractivity contribution in [2.75, 3.05) is 12.8 Å². The van der Waals surface area contributed by atoms with Crippen molar-refractivity contribution in [3.8, 4) is 0 Å². The van der Waals surface area contributed by atoms with Gasteiger partial charge in [0.1, 0.15) is 0 Å². The van der Waals surface area contributed by atoms with E-state index in [1.807, 2.05) is 11.8 Å². The molecule has 2 rings (SSSR count). The third-order valence-corrected chi connectivity index (χ3v) is 4.68. The molecule has 1 saturated carbocycles. The van der Waals surface area contributed by atoms with Crippen LogP contribution in [0.25, 0.3) is 0 Å². The van der Waals surface area contributed by atoms with Gasteiger partial charge in [0, 0.05) is 17.8 Å². The molecule has 82 valence electrons. The Morgan fingerprint density at radius 2 is 2.07 bits per heavy atom. The van der Waals surface area contributed by atoms with E-state index >= 15 is 0 Å². The number of thioether (sulfide) groups is 1. The fraction of sp³-hybridized carbons (Fsp3) is 0.538. The molecule has 1 nitrogen and oxygen atoms in total. The molecule has 1 aliphatic rings. The second kappa shape index (κ2) is 4.58. The standard InChI is InChI=1S/C13H19NS/c1-11-5-3-4-6-12(11)9-14-10-13(15-2)7-8-13/h3-6,14H,7-10H2,1-2H3. The van der Waals surface area contributed by atoms with Gasteiger partial charge in [0.15, 0.2) is 0 Å². The summed E-state index contributed by atoms with van der Waals surface area (Å²) >= 11 is 2.02. The molecule has 1 fully saturated rings. The Kier molecular flexibility index (Phi) is 3.37. The lowest BCUT2D eigenvalue weighted by Crippen LogP contribution is -2.25. The smallest absolute Gasteiger partial charge is 0.0282 e. The molecule has 1 aliphatic carbocycles. The summed E-state index contributed by atoms with van der Waals surface area (Å²) in [6, 6.07) is 8.61. The largest absolute Gasteiger partial charge is 0.311 e. The lowest BCUT2D eigenvalue weighted by Gasteiger charge is -2.13. The molecular formula is C13H19NS. The van der Waals surface area contributed by atoms with Crippen molar-refractivity contribution in [2.45, 2.75) is 31.1 Å². The first-order valence-electron chi connectivity index (χ1n) is 5.56. The molecule has 0 unspecified atom stereocenters. The van der Waals surface area contributed by atoms with Crippen LogP contribution >= 0.6 is 11.8 Å². The predicted octanol–water partition coefficient (Wildman–Crippen LogP) is 2.98. The lowest BCUT2D eigenvalue weighted by molar-refractivity contribution is 0.661. The first-order valence-corrected chi connectivity index (χ1v) is 6.79. The van der Waals surface area contributed by atoms with Gasteiger partial charge in [-0.3, -0.25) is 0 Å². The Balaban J connectivity index is 1.81. The fourth-order valence-corrected chi connectivity index (χ4v) is 2.58. The van der Waals surface area contributed by atoms with E-state index in [0.717, 1.165) is 13.1 Å². The summed E-state index contributed by atoms with van der Waals surface area (Å²) in [5.74, 6) is 0. The maximum Gasteiger partial charge on any atom is 0.0282 e. The summed E-state index contributed by atoms with van der Waals surface area (Å²) in [7, 11) is 0. The molecule has 0 heterocycles. The number of nitrogens with one attached hydrogen (secondary N) is 1. The van der Waals surface area contributed by atoms with Gasteiger partial charge in [-0.2, -0.15) is 11.8 Å². The minimum atomic E-state index is 0.572. The van der Waals surface area contributed by atoms with Crippen LogP contribution in [0.4, 0.5) is 0 Å². The van der Waals surface area contributed by atoms with E-state index in [0.29, 0.717) is 4.75 Å². The van der Waals surface area contributed by atoms with Gasteiger partial charge in [-0.15, -0.1) is 0 Å². The summed E-state index contributed by atoms with van der Waals surface area (Å²) in [6.07, 6.45) is 4.99. The second-order valence-corrected chi connectivity index (χ2v) is 5.69. The van der Waals surface area contributed by atoms with Crippen LogP contribution in [0.5, 0.6) is 0 Å². The van der Waals surface area contributed by atoms with E-state index in [4.69, 9.17) is 0 Å². The SMILES string of the molecule is CSC1(CNCc2ccccc2C)CC1. The van der Waals surface area contributed by atoms with Crippen molar-refractivity contribution in [1.82, 2.24) is 5.32 Å². The molecule has 0 aliphatic heterocycles. The van der Waals surface area contributed by atoms with Crippen LogP contribution in [0.2, 0.25) is 0 Å². The Bertz CT molecular complexity index is 331. The van der Waals surface area contributed by atoms with E-state index in [1.54, 1.807) is 0 Å². The topological polar surface area (TPSA) is 12.0 Å². The van der Waals surface area contributed by atoms with Crippen LogP contribution in [0.15, 0.2) is 24.3 Å². The molecule has 1 aromatic rings. The Morgan fingerprint density at radius 3 is 2.67 bits per heavy atom. The Labute approximate surface area is 96.7 Å². The minimum Gasteiger partial charge on any atom is -0.311 e. The zero-order chi connectivity index (χ0) is 10.7. The lowest BCUT2D eigenvalue weighted by atomic mass is 10.1. The zero-order valence-corrected chi connectivity index (χ0v) is 10.4. The van der Waals surface area contributed by atoms with Gasteiger partial charge in [0.25, 0.3) is 0 Å². The van der Waals surface area contributed by atoms with E-state index in [-0.39, 0.29) is 0 Å². The number of benzene rings is 1. The highest BCUT2D eigenvalue weighted by molar-refractivity contribution is 8.00. The highest BCUT2D eigenvalue weighted by Gasteiger charge is 2.41.